The van der Waals surface area contributed by atoms with Crippen LogP contribution in [0.1, 0.15) is 32.3 Å². The molecule has 0 unspecified atom stereocenters. The van der Waals surface area contributed by atoms with E-state index >= 15 is 0 Å². The van der Waals surface area contributed by atoms with E-state index in [0.717, 1.165) is 18.4 Å². The van der Waals surface area contributed by atoms with Gasteiger partial charge < -0.3 is 4.85 Å². The summed E-state index contributed by atoms with van der Waals surface area (Å²) in [6, 6.07) is 6.51. The SMILES string of the molecule is [C-]#[N+]C1(c2cccc(F)c2)CC(C(C)C)C1. The summed E-state index contributed by atoms with van der Waals surface area (Å²) < 4.78 is 13.1. The van der Waals surface area contributed by atoms with E-state index in [1.807, 2.05) is 6.07 Å². The topological polar surface area (TPSA) is 4.36 Å². The first-order valence-electron chi connectivity index (χ1n) is 5.72. The van der Waals surface area contributed by atoms with Gasteiger partial charge >= 0.3 is 0 Å². The molecular weight excluding hydrogens is 201 g/mol. The Kier molecular flexibility index (Phi) is 2.71. The molecule has 0 spiro atoms. The molecule has 0 saturated heterocycles. The summed E-state index contributed by atoms with van der Waals surface area (Å²) in [4.78, 5) is 3.75. The van der Waals surface area contributed by atoms with Crippen LogP contribution in [0.25, 0.3) is 4.85 Å². The third kappa shape index (κ3) is 1.71. The van der Waals surface area contributed by atoms with Gasteiger partial charge in [-0.1, -0.05) is 26.0 Å². The Bertz CT molecular complexity index is 425. The smallest absolute Gasteiger partial charge is 0.258 e. The first-order valence-corrected chi connectivity index (χ1v) is 5.72. The van der Waals surface area contributed by atoms with Crippen molar-refractivity contribution in [1.29, 1.82) is 0 Å². The highest BCUT2D eigenvalue weighted by atomic mass is 19.1. The van der Waals surface area contributed by atoms with Gasteiger partial charge in [-0.15, -0.1) is 0 Å². The maximum Gasteiger partial charge on any atom is 0.258 e. The molecule has 0 radical (unpaired) electrons. The fourth-order valence-electron chi connectivity index (χ4n) is 2.45. The van der Waals surface area contributed by atoms with Gasteiger partial charge in [-0.25, -0.2) is 11.0 Å². The second-order valence-corrected chi connectivity index (χ2v) is 5.07. The van der Waals surface area contributed by atoms with Crippen LogP contribution in [-0.4, -0.2) is 0 Å². The van der Waals surface area contributed by atoms with E-state index in [9.17, 15) is 4.39 Å². The number of nitrogens with zero attached hydrogens (tertiary/aromatic N) is 1. The Balaban J connectivity index is 2.23. The van der Waals surface area contributed by atoms with Gasteiger partial charge in [0.05, 0.1) is 0 Å². The molecule has 1 aliphatic carbocycles. The molecule has 0 bridgehead atoms. The average Bonchev–Trinajstić information content (AvgIpc) is 2.16. The van der Waals surface area contributed by atoms with Crippen molar-refractivity contribution in [3.63, 3.8) is 0 Å². The summed E-state index contributed by atoms with van der Waals surface area (Å²) in [5.74, 6) is 0.981. The fourth-order valence-corrected chi connectivity index (χ4v) is 2.45. The van der Waals surface area contributed by atoms with E-state index in [0.29, 0.717) is 11.8 Å². The van der Waals surface area contributed by atoms with Crippen molar-refractivity contribution in [3.8, 4) is 0 Å². The lowest BCUT2D eigenvalue weighted by atomic mass is 9.61. The fraction of sp³-hybridized carbons (Fsp3) is 0.500. The molecule has 16 heavy (non-hydrogen) atoms. The summed E-state index contributed by atoms with van der Waals surface area (Å²) in [5.41, 5.74) is 0.399. The van der Waals surface area contributed by atoms with Crippen molar-refractivity contribution in [3.05, 3.63) is 47.1 Å². The standard InChI is InChI=1S/C14H16FN/c1-10(2)11-8-14(9-11,16-3)12-5-4-6-13(15)7-12/h4-7,10-11H,8-9H2,1-2H3. The lowest BCUT2D eigenvalue weighted by Gasteiger charge is -2.40. The molecule has 0 aromatic heterocycles. The summed E-state index contributed by atoms with van der Waals surface area (Å²) in [7, 11) is 0. The zero-order valence-electron chi connectivity index (χ0n) is 9.70. The molecular formula is C14H16FN. The molecule has 2 rings (SSSR count). The van der Waals surface area contributed by atoms with E-state index in [2.05, 4.69) is 18.7 Å². The van der Waals surface area contributed by atoms with Gasteiger partial charge in [-0.2, -0.15) is 0 Å². The van der Waals surface area contributed by atoms with Gasteiger partial charge in [0.15, 0.2) is 0 Å². The highest BCUT2D eigenvalue weighted by Crippen LogP contribution is 2.51. The minimum atomic E-state index is -0.447. The summed E-state index contributed by atoms with van der Waals surface area (Å²) in [6.45, 7) is 11.7. The minimum absolute atomic E-state index is 0.242. The van der Waals surface area contributed by atoms with Gasteiger partial charge in [0.1, 0.15) is 5.82 Å². The van der Waals surface area contributed by atoms with E-state index in [1.54, 1.807) is 6.07 Å². The van der Waals surface area contributed by atoms with Crippen LogP contribution in [0.3, 0.4) is 0 Å². The molecule has 1 aliphatic rings. The molecule has 0 amide bonds. The van der Waals surface area contributed by atoms with Crippen molar-refractivity contribution in [1.82, 2.24) is 0 Å². The van der Waals surface area contributed by atoms with Crippen molar-refractivity contribution < 1.29 is 4.39 Å². The van der Waals surface area contributed by atoms with Crippen LogP contribution in [0.15, 0.2) is 24.3 Å². The molecule has 1 aromatic rings. The lowest BCUT2D eigenvalue weighted by Crippen LogP contribution is -2.40. The van der Waals surface area contributed by atoms with E-state index < -0.39 is 5.54 Å². The molecule has 1 fully saturated rings. The molecule has 0 aliphatic heterocycles. The Morgan fingerprint density at radius 1 is 1.44 bits per heavy atom. The second kappa shape index (κ2) is 3.90. The van der Waals surface area contributed by atoms with E-state index in [-0.39, 0.29) is 5.82 Å². The number of halogens is 1. The van der Waals surface area contributed by atoms with Crippen LogP contribution in [0.5, 0.6) is 0 Å². The molecule has 2 heteroatoms. The predicted octanol–water partition coefficient (Wildman–Crippen LogP) is 4.01. The average molecular weight is 217 g/mol. The Morgan fingerprint density at radius 2 is 2.12 bits per heavy atom. The molecule has 1 aromatic carbocycles. The van der Waals surface area contributed by atoms with E-state index in [1.165, 1.54) is 12.1 Å². The zero-order chi connectivity index (χ0) is 11.8. The maximum atomic E-state index is 13.1. The van der Waals surface area contributed by atoms with Crippen LogP contribution in [-0.2, 0) is 5.54 Å². The van der Waals surface area contributed by atoms with Crippen LogP contribution >= 0.6 is 0 Å². The molecule has 1 saturated carbocycles. The van der Waals surface area contributed by atoms with Gasteiger partial charge in [-0.3, -0.25) is 0 Å². The van der Waals surface area contributed by atoms with E-state index in [4.69, 9.17) is 6.57 Å². The normalized spacial score (nSPS) is 28.6. The molecule has 0 N–H and O–H groups in total. The number of rotatable bonds is 2. The van der Waals surface area contributed by atoms with Crippen molar-refractivity contribution in [2.75, 3.05) is 0 Å². The third-order valence-corrected chi connectivity index (χ3v) is 3.72. The monoisotopic (exact) mass is 217 g/mol. The summed E-state index contributed by atoms with van der Waals surface area (Å²) in [6.07, 6.45) is 1.75. The highest BCUT2D eigenvalue weighted by Gasteiger charge is 2.52. The highest BCUT2D eigenvalue weighted by molar-refractivity contribution is 5.32. The van der Waals surface area contributed by atoms with Gasteiger partial charge in [-0.05, 0) is 24.0 Å². The lowest BCUT2D eigenvalue weighted by molar-refractivity contribution is 0.136. The second-order valence-electron chi connectivity index (χ2n) is 5.07. The Morgan fingerprint density at radius 3 is 2.62 bits per heavy atom. The Labute approximate surface area is 96.1 Å². The minimum Gasteiger partial charge on any atom is -0.305 e. The van der Waals surface area contributed by atoms with Crippen LogP contribution < -0.4 is 0 Å². The van der Waals surface area contributed by atoms with Gasteiger partial charge in [0.25, 0.3) is 5.54 Å². The van der Waals surface area contributed by atoms with Crippen molar-refractivity contribution in [2.45, 2.75) is 32.2 Å². The number of benzene rings is 1. The van der Waals surface area contributed by atoms with Crippen LogP contribution in [0.2, 0.25) is 0 Å². The molecule has 0 heterocycles. The summed E-state index contributed by atoms with van der Waals surface area (Å²) >= 11 is 0. The van der Waals surface area contributed by atoms with Crippen molar-refractivity contribution >= 4 is 0 Å². The molecule has 84 valence electrons. The van der Waals surface area contributed by atoms with Crippen LogP contribution in [0, 0.1) is 24.2 Å². The first kappa shape index (κ1) is 11.1. The van der Waals surface area contributed by atoms with Crippen molar-refractivity contribution in [2.24, 2.45) is 11.8 Å². The number of hydrogen-bond donors (Lipinski definition) is 0. The molecule has 0 atom stereocenters. The first-order chi connectivity index (χ1) is 7.57. The zero-order valence-corrected chi connectivity index (χ0v) is 9.70. The third-order valence-electron chi connectivity index (χ3n) is 3.72. The summed E-state index contributed by atoms with van der Waals surface area (Å²) in [5, 5.41) is 0. The van der Waals surface area contributed by atoms with Gasteiger partial charge in [0.2, 0.25) is 0 Å². The largest absolute Gasteiger partial charge is 0.305 e. The Hall–Kier alpha value is -1.36. The molecule has 1 nitrogen and oxygen atoms in total. The maximum absolute atomic E-state index is 13.1. The predicted molar refractivity (Wildman–Crippen MR) is 62.2 cm³/mol. The van der Waals surface area contributed by atoms with Crippen LogP contribution in [0.4, 0.5) is 4.39 Å². The quantitative estimate of drug-likeness (QED) is 0.659. The van der Waals surface area contributed by atoms with Gasteiger partial charge in [0, 0.05) is 18.4 Å². The number of hydrogen-bond acceptors (Lipinski definition) is 0.